The number of amides is 1. The Kier molecular flexibility index (Phi) is 6.71. The Balaban J connectivity index is 1.63. The third kappa shape index (κ3) is 4.89. The lowest BCUT2D eigenvalue weighted by molar-refractivity contribution is -0.146. The van der Waals surface area contributed by atoms with Crippen LogP contribution >= 0.6 is 11.6 Å². The standard InChI is InChI=1S/C28H28ClN5O4/c1-28(2,26(37)38)31-25(36)22-9-6-14-32(22)23-15-24(35)34-17-21(19-10-12-20(29)13-11-19)30-27(34)33(23)16-18-7-4-3-5-8-18/h3-5,7-8,10-13,15,17,22H,6,9,14,16H2,1-2H3,(H,31,36)(H,37,38)/t22-/m0/s1. The lowest BCUT2D eigenvalue weighted by Gasteiger charge is -2.31. The first-order chi connectivity index (χ1) is 18.1. The fourth-order valence-corrected chi connectivity index (χ4v) is 4.88. The SMILES string of the molecule is CC(C)(NC(=O)[C@@H]1CCCN1c1cc(=O)n2cc(-c3ccc(Cl)cc3)nc2n1Cc1ccccc1)C(=O)O. The van der Waals surface area contributed by atoms with Gasteiger partial charge in [0.05, 0.1) is 12.2 Å². The predicted octanol–water partition coefficient (Wildman–Crippen LogP) is 3.81. The monoisotopic (exact) mass is 533 g/mol. The zero-order valence-electron chi connectivity index (χ0n) is 21.1. The number of aromatic nitrogens is 3. The Hall–Kier alpha value is -4.11. The number of fused-ring (bicyclic) bond motifs is 1. The van der Waals surface area contributed by atoms with Gasteiger partial charge in [0.1, 0.15) is 17.4 Å². The summed E-state index contributed by atoms with van der Waals surface area (Å²) in [6.45, 7) is 3.86. The van der Waals surface area contributed by atoms with Crippen LogP contribution in [0.25, 0.3) is 17.0 Å². The molecule has 0 saturated carbocycles. The lowest BCUT2D eigenvalue weighted by Crippen LogP contribution is -2.55. The van der Waals surface area contributed by atoms with Crippen LogP contribution in [0.2, 0.25) is 5.02 Å². The number of nitrogens with one attached hydrogen (secondary N) is 1. The van der Waals surface area contributed by atoms with Crippen LogP contribution in [0.3, 0.4) is 0 Å². The average molecular weight is 534 g/mol. The number of halogens is 1. The van der Waals surface area contributed by atoms with E-state index in [1.807, 2.05) is 51.9 Å². The van der Waals surface area contributed by atoms with Crippen LogP contribution < -0.4 is 15.8 Å². The maximum absolute atomic E-state index is 13.3. The highest BCUT2D eigenvalue weighted by Gasteiger charge is 2.37. The van der Waals surface area contributed by atoms with Gasteiger partial charge in [0.2, 0.25) is 11.7 Å². The zero-order chi connectivity index (χ0) is 27.0. The van der Waals surface area contributed by atoms with Crippen LogP contribution in [0.1, 0.15) is 32.3 Å². The number of carboxylic acids is 1. The van der Waals surface area contributed by atoms with Crippen molar-refractivity contribution in [2.45, 2.75) is 44.8 Å². The van der Waals surface area contributed by atoms with Gasteiger partial charge in [0.15, 0.2) is 0 Å². The molecule has 2 N–H and O–H groups in total. The van der Waals surface area contributed by atoms with E-state index in [1.54, 1.807) is 18.3 Å². The minimum atomic E-state index is -1.42. The van der Waals surface area contributed by atoms with Crippen molar-refractivity contribution in [3.05, 3.63) is 87.8 Å². The topological polar surface area (TPSA) is 109 Å². The smallest absolute Gasteiger partial charge is 0.328 e. The van der Waals surface area contributed by atoms with E-state index in [0.29, 0.717) is 41.8 Å². The van der Waals surface area contributed by atoms with E-state index in [1.165, 1.54) is 24.3 Å². The Morgan fingerprint density at radius 1 is 1.13 bits per heavy atom. The van der Waals surface area contributed by atoms with Gasteiger partial charge in [-0.25, -0.2) is 9.78 Å². The molecular weight excluding hydrogens is 506 g/mol. The second kappa shape index (κ2) is 9.98. The van der Waals surface area contributed by atoms with Gasteiger partial charge in [-0.3, -0.25) is 18.6 Å². The molecule has 2 aromatic carbocycles. The first-order valence-electron chi connectivity index (χ1n) is 12.4. The fraction of sp³-hybridized carbons (Fsp3) is 0.286. The summed E-state index contributed by atoms with van der Waals surface area (Å²) in [5.41, 5.74) is 0.748. The van der Waals surface area contributed by atoms with Crippen LogP contribution in [-0.4, -0.2) is 49.1 Å². The number of nitrogens with zero attached hydrogens (tertiary/aromatic N) is 4. The van der Waals surface area contributed by atoms with Crippen molar-refractivity contribution in [2.24, 2.45) is 0 Å². The van der Waals surface area contributed by atoms with Gasteiger partial charge in [-0.15, -0.1) is 0 Å². The van der Waals surface area contributed by atoms with E-state index in [9.17, 15) is 19.5 Å². The molecule has 196 valence electrons. The molecule has 1 aliphatic rings. The number of benzene rings is 2. The average Bonchev–Trinajstić information content (AvgIpc) is 3.55. The summed E-state index contributed by atoms with van der Waals surface area (Å²) in [7, 11) is 0. The van der Waals surface area contributed by atoms with Crippen molar-refractivity contribution >= 4 is 35.1 Å². The maximum Gasteiger partial charge on any atom is 0.328 e. The Morgan fingerprint density at radius 3 is 2.53 bits per heavy atom. The van der Waals surface area contributed by atoms with Gasteiger partial charge in [-0.2, -0.15) is 0 Å². The van der Waals surface area contributed by atoms with Crippen LogP contribution in [0.4, 0.5) is 5.82 Å². The minimum Gasteiger partial charge on any atom is -0.480 e. The molecule has 2 aromatic heterocycles. The molecule has 0 aliphatic carbocycles. The second-order valence-corrected chi connectivity index (χ2v) is 10.4. The van der Waals surface area contributed by atoms with Gasteiger partial charge >= 0.3 is 5.97 Å². The molecular formula is C28H28ClN5O4. The van der Waals surface area contributed by atoms with E-state index in [-0.39, 0.29) is 5.56 Å². The molecule has 1 saturated heterocycles. The van der Waals surface area contributed by atoms with Gasteiger partial charge < -0.3 is 15.3 Å². The first-order valence-corrected chi connectivity index (χ1v) is 12.8. The number of aliphatic carboxylic acids is 1. The largest absolute Gasteiger partial charge is 0.480 e. The van der Waals surface area contributed by atoms with E-state index >= 15 is 0 Å². The number of rotatable bonds is 7. The number of carbonyl (C=O) groups is 2. The van der Waals surface area contributed by atoms with Crippen molar-refractivity contribution in [3.63, 3.8) is 0 Å². The van der Waals surface area contributed by atoms with E-state index < -0.39 is 23.5 Å². The zero-order valence-corrected chi connectivity index (χ0v) is 21.9. The third-order valence-electron chi connectivity index (χ3n) is 6.84. The summed E-state index contributed by atoms with van der Waals surface area (Å²) in [5.74, 6) is -0.507. The fourth-order valence-electron chi connectivity index (χ4n) is 4.76. The summed E-state index contributed by atoms with van der Waals surface area (Å²) in [6.07, 6.45) is 2.97. The number of hydrogen-bond acceptors (Lipinski definition) is 5. The van der Waals surface area contributed by atoms with Crippen LogP contribution in [0.5, 0.6) is 0 Å². The summed E-state index contributed by atoms with van der Waals surface area (Å²) in [4.78, 5) is 44.9. The number of anilines is 1. The Labute approximate surface area is 224 Å². The van der Waals surface area contributed by atoms with Gasteiger partial charge in [-0.1, -0.05) is 54.1 Å². The molecule has 10 heteroatoms. The van der Waals surface area contributed by atoms with Gasteiger partial charge in [0.25, 0.3) is 5.56 Å². The van der Waals surface area contributed by atoms with Crippen molar-refractivity contribution < 1.29 is 14.7 Å². The molecule has 1 amide bonds. The predicted molar refractivity (Wildman–Crippen MR) is 146 cm³/mol. The highest BCUT2D eigenvalue weighted by molar-refractivity contribution is 6.30. The van der Waals surface area contributed by atoms with Crippen LogP contribution in [0, 0.1) is 0 Å². The van der Waals surface area contributed by atoms with Crippen LogP contribution in [0.15, 0.2) is 71.7 Å². The van der Waals surface area contributed by atoms with E-state index in [2.05, 4.69) is 5.32 Å². The Morgan fingerprint density at radius 2 is 1.84 bits per heavy atom. The van der Waals surface area contributed by atoms with Crippen molar-refractivity contribution in [1.82, 2.24) is 19.3 Å². The molecule has 0 unspecified atom stereocenters. The molecule has 0 spiro atoms. The number of imidazole rings is 1. The molecule has 4 aromatic rings. The second-order valence-electron chi connectivity index (χ2n) is 9.99. The normalized spacial score (nSPS) is 15.7. The van der Waals surface area contributed by atoms with E-state index in [4.69, 9.17) is 16.6 Å². The quantitative estimate of drug-likeness (QED) is 0.374. The molecule has 1 fully saturated rings. The van der Waals surface area contributed by atoms with Crippen molar-refractivity contribution in [1.29, 1.82) is 0 Å². The lowest BCUT2D eigenvalue weighted by atomic mass is 10.0. The molecule has 9 nitrogen and oxygen atoms in total. The minimum absolute atomic E-state index is 0.274. The highest BCUT2D eigenvalue weighted by atomic mass is 35.5. The van der Waals surface area contributed by atoms with Crippen molar-refractivity contribution in [2.75, 3.05) is 11.4 Å². The molecule has 3 heterocycles. The molecule has 5 rings (SSSR count). The highest BCUT2D eigenvalue weighted by Crippen LogP contribution is 2.29. The van der Waals surface area contributed by atoms with Crippen molar-refractivity contribution in [3.8, 4) is 11.3 Å². The molecule has 38 heavy (non-hydrogen) atoms. The third-order valence-corrected chi connectivity index (χ3v) is 7.09. The van der Waals surface area contributed by atoms with Crippen LogP contribution in [-0.2, 0) is 16.1 Å². The molecule has 0 radical (unpaired) electrons. The molecule has 1 aliphatic heterocycles. The number of hydrogen-bond donors (Lipinski definition) is 2. The molecule has 0 bridgehead atoms. The summed E-state index contributed by atoms with van der Waals surface area (Å²) in [5, 5.41) is 12.8. The summed E-state index contributed by atoms with van der Waals surface area (Å²) >= 11 is 6.06. The van der Waals surface area contributed by atoms with Gasteiger partial charge in [0, 0.05) is 29.4 Å². The molecule has 1 atom stereocenters. The van der Waals surface area contributed by atoms with E-state index in [0.717, 1.165) is 17.5 Å². The number of carbonyl (C=O) groups excluding carboxylic acids is 1. The summed E-state index contributed by atoms with van der Waals surface area (Å²) in [6, 6.07) is 18.0. The summed E-state index contributed by atoms with van der Waals surface area (Å²) < 4.78 is 3.44. The first kappa shape index (κ1) is 25.5. The van der Waals surface area contributed by atoms with Gasteiger partial charge in [-0.05, 0) is 44.4 Å². The Bertz CT molecular complexity index is 1560. The number of carboxylic acid groups (broad SMARTS) is 1. The maximum atomic E-state index is 13.3.